The normalized spacial score (nSPS) is 20.5. The number of aliphatic hydroxyl groups excluding tert-OH is 1. The lowest BCUT2D eigenvalue weighted by Crippen LogP contribution is -2.50. The van der Waals surface area contributed by atoms with Gasteiger partial charge in [-0.25, -0.2) is 8.42 Å². The van der Waals surface area contributed by atoms with Crippen LogP contribution in [0.4, 0.5) is 0 Å². The fourth-order valence-electron chi connectivity index (χ4n) is 3.74. The highest BCUT2D eigenvalue weighted by molar-refractivity contribution is 7.89. The highest BCUT2D eigenvalue weighted by Gasteiger charge is 2.38. The third kappa shape index (κ3) is 5.76. The van der Waals surface area contributed by atoms with Crippen LogP contribution >= 0.6 is 0 Å². The minimum atomic E-state index is -3.93. The van der Waals surface area contributed by atoms with Crippen molar-refractivity contribution >= 4 is 15.9 Å². The van der Waals surface area contributed by atoms with E-state index in [0.717, 1.165) is 5.56 Å². The first kappa shape index (κ1) is 25.7. The van der Waals surface area contributed by atoms with E-state index in [4.69, 9.17) is 4.74 Å². The van der Waals surface area contributed by atoms with E-state index >= 15 is 0 Å². The van der Waals surface area contributed by atoms with Crippen molar-refractivity contribution in [1.29, 1.82) is 0 Å². The molecule has 8 nitrogen and oxygen atoms in total. The van der Waals surface area contributed by atoms with Crippen molar-refractivity contribution in [3.63, 3.8) is 0 Å². The predicted octanol–water partition coefficient (Wildman–Crippen LogP) is 2.12. The van der Waals surface area contributed by atoms with E-state index in [1.807, 2.05) is 13.0 Å². The van der Waals surface area contributed by atoms with Crippen molar-refractivity contribution in [2.75, 3.05) is 26.7 Å². The number of hydrogen-bond acceptors (Lipinski definition) is 6. The summed E-state index contributed by atoms with van der Waals surface area (Å²) in [6.45, 7) is 5.50. The summed E-state index contributed by atoms with van der Waals surface area (Å²) >= 11 is 0. The number of rotatable bonds is 5. The molecule has 1 aromatic carbocycles. The molecule has 0 aliphatic carbocycles. The number of sulfonamides is 1. The standard InChI is InChI=1S/C25H31N3O5S/c1-5-25(30)27(4)16-23-18(2)15-28(19(3)17-29)34(31,32)24-11-10-20(13-22(24)33-23)8-9-21-7-6-12-26-14-21/h6-7,10-14,18-19,23,29H,5,15-17H2,1-4H3/t18-,19-,23+/m0/s1. The summed E-state index contributed by atoms with van der Waals surface area (Å²) in [7, 11) is -2.22. The summed E-state index contributed by atoms with van der Waals surface area (Å²) in [6.07, 6.45) is 3.22. The van der Waals surface area contributed by atoms with E-state index < -0.39 is 22.2 Å². The number of benzene rings is 1. The number of nitrogens with zero attached hydrogens (tertiary/aromatic N) is 3. The molecule has 0 radical (unpaired) electrons. The Morgan fingerprint density at radius 2 is 2.06 bits per heavy atom. The third-order valence-electron chi connectivity index (χ3n) is 5.86. The molecule has 9 heteroatoms. The number of hydrogen-bond donors (Lipinski definition) is 1. The fourth-order valence-corrected chi connectivity index (χ4v) is 5.57. The lowest BCUT2D eigenvalue weighted by Gasteiger charge is -2.37. The van der Waals surface area contributed by atoms with Gasteiger partial charge in [0.15, 0.2) is 0 Å². The van der Waals surface area contributed by atoms with E-state index in [2.05, 4.69) is 16.8 Å². The van der Waals surface area contributed by atoms with Gasteiger partial charge in [0.25, 0.3) is 0 Å². The van der Waals surface area contributed by atoms with Crippen molar-refractivity contribution in [3.05, 3.63) is 53.9 Å². The van der Waals surface area contributed by atoms with Crippen molar-refractivity contribution in [1.82, 2.24) is 14.2 Å². The Morgan fingerprint density at radius 3 is 2.71 bits per heavy atom. The number of amides is 1. The van der Waals surface area contributed by atoms with Gasteiger partial charge in [-0.05, 0) is 37.3 Å². The van der Waals surface area contributed by atoms with E-state index in [1.165, 1.54) is 10.4 Å². The number of ether oxygens (including phenoxy) is 1. The van der Waals surface area contributed by atoms with E-state index in [-0.39, 0.29) is 35.6 Å². The smallest absolute Gasteiger partial charge is 0.247 e. The fraction of sp³-hybridized carbons (Fsp3) is 0.440. The Balaban J connectivity index is 2.06. The van der Waals surface area contributed by atoms with Crippen molar-refractivity contribution in [2.24, 2.45) is 5.92 Å². The molecular formula is C25H31N3O5S. The number of pyridine rings is 1. The molecule has 34 heavy (non-hydrogen) atoms. The van der Waals surface area contributed by atoms with Crippen LogP contribution in [-0.4, -0.2) is 72.5 Å². The number of aromatic nitrogens is 1. The van der Waals surface area contributed by atoms with E-state index in [1.54, 1.807) is 56.4 Å². The monoisotopic (exact) mass is 485 g/mol. The van der Waals surface area contributed by atoms with Crippen LogP contribution < -0.4 is 4.74 Å². The molecule has 0 unspecified atom stereocenters. The van der Waals surface area contributed by atoms with Crippen molar-refractivity contribution < 1.29 is 23.1 Å². The minimum absolute atomic E-state index is 0.0149. The second-order valence-electron chi connectivity index (χ2n) is 8.52. The van der Waals surface area contributed by atoms with Crippen LogP contribution in [0, 0.1) is 17.8 Å². The average Bonchev–Trinajstić information content (AvgIpc) is 2.84. The van der Waals surface area contributed by atoms with Gasteiger partial charge >= 0.3 is 0 Å². The Kier molecular flexibility index (Phi) is 8.31. The topological polar surface area (TPSA) is 100 Å². The molecule has 1 N–H and O–H groups in total. The second kappa shape index (κ2) is 11.0. The summed E-state index contributed by atoms with van der Waals surface area (Å²) in [4.78, 5) is 17.9. The molecule has 182 valence electrons. The Hall–Kier alpha value is -2.93. The zero-order valence-electron chi connectivity index (χ0n) is 19.9. The molecule has 3 atom stereocenters. The highest BCUT2D eigenvalue weighted by atomic mass is 32.2. The van der Waals surface area contributed by atoms with Gasteiger partial charge in [0.1, 0.15) is 16.7 Å². The van der Waals surface area contributed by atoms with Crippen LogP contribution in [0.3, 0.4) is 0 Å². The van der Waals surface area contributed by atoms with Gasteiger partial charge in [0.05, 0.1) is 13.2 Å². The number of carbonyl (C=O) groups excluding carboxylic acids is 1. The first-order valence-electron chi connectivity index (χ1n) is 11.3. The molecule has 0 saturated carbocycles. The zero-order valence-corrected chi connectivity index (χ0v) is 20.7. The van der Waals surface area contributed by atoms with E-state index in [9.17, 15) is 18.3 Å². The zero-order chi connectivity index (χ0) is 24.9. The Labute approximate surface area is 201 Å². The number of fused-ring (bicyclic) bond motifs is 1. The summed E-state index contributed by atoms with van der Waals surface area (Å²) in [5, 5.41) is 9.74. The lowest BCUT2D eigenvalue weighted by molar-refractivity contribution is -0.131. The molecule has 0 bridgehead atoms. The molecule has 0 spiro atoms. The van der Waals surface area contributed by atoms with Gasteiger partial charge in [-0.15, -0.1) is 0 Å². The van der Waals surface area contributed by atoms with Gasteiger partial charge < -0.3 is 14.7 Å². The maximum atomic E-state index is 13.5. The summed E-state index contributed by atoms with van der Waals surface area (Å²) in [6, 6.07) is 7.75. The van der Waals surface area contributed by atoms with Crippen molar-refractivity contribution in [2.45, 2.75) is 44.2 Å². The van der Waals surface area contributed by atoms with Crippen LogP contribution in [0.5, 0.6) is 5.75 Å². The summed E-state index contributed by atoms with van der Waals surface area (Å²) < 4.78 is 34.6. The highest BCUT2D eigenvalue weighted by Crippen LogP contribution is 2.34. The summed E-state index contributed by atoms with van der Waals surface area (Å²) in [5.41, 5.74) is 1.32. The lowest BCUT2D eigenvalue weighted by atomic mass is 10.0. The molecular weight excluding hydrogens is 454 g/mol. The van der Waals surface area contributed by atoms with Crippen LogP contribution in [0.1, 0.15) is 38.3 Å². The van der Waals surface area contributed by atoms with Crippen LogP contribution in [0.25, 0.3) is 0 Å². The molecule has 2 aromatic rings. The molecule has 0 saturated heterocycles. The Morgan fingerprint density at radius 1 is 1.32 bits per heavy atom. The SMILES string of the molecule is CCC(=O)N(C)C[C@H]1Oc2cc(C#Cc3cccnc3)ccc2S(=O)(=O)N([C@@H](C)CO)C[C@@H]1C. The minimum Gasteiger partial charge on any atom is -0.487 e. The molecule has 1 aromatic heterocycles. The molecule has 1 amide bonds. The molecule has 0 fully saturated rings. The van der Waals surface area contributed by atoms with Crippen LogP contribution in [-0.2, 0) is 14.8 Å². The third-order valence-corrected chi connectivity index (χ3v) is 7.88. The second-order valence-corrected chi connectivity index (χ2v) is 10.4. The summed E-state index contributed by atoms with van der Waals surface area (Å²) in [5.74, 6) is 5.96. The van der Waals surface area contributed by atoms with Gasteiger partial charge in [0, 0.05) is 55.5 Å². The first-order chi connectivity index (χ1) is 16.2. The molecule has 2 heterocycles. The van der Waals surface area contributed by atoms with Gasteiger partial charge in [-0.1, -0.05) is 25.7 Å². The predicted molar refractivity (Wildman–Crippen MR) is 129 cm³/mol. The maximum absolute atomic E-state index is 13.5. The largest absolute Gasteiger partial charge is 0.487 e. The molecule has 3 rings (SSSR count). The quantitative estimate of drug-likeness (QED) is 0.652. The molecule has 1 aliphatic heterocycles. The number of likely N-dealkylation sites (N-methyl/N-ethyl adjacent to an activating group) is 1. The van der Waals surface area contributed by atoms with Crippen LogP contribution in [0.2, 0.25) is 0 Å². The molecule has 1 aliphatic rings. The van der Waals surface area contributed by atoms with Crippen LogP contribution in [0.15, 0.2) is 47.6 Å². The Bertz CT molecular complexity index is 1170. The van der Waals surface area contributed by atoms with Crippen molar-refractivity contribution in [3.8, 4) is 17.6 Å². The number of aliphatic hydroxyl groups is 1. The van der Waals surface area contributed by atoms with Gasteiger partial charge in [-0.2, -0.15) is 4.31 Å². The van der Waals surface area contributed by atoms with Gasteiger partial charge in [0.2, 0.25) is 15.9 Å². The average molecular weight is 486 g/mol. The van der Waals surface area contributed by atoms with Gasteiger partial charge in [-0.3, -0.25) is 9.78 Å². The van der Waals surface area contributed by atoms with E-state index in [0.29, 0.717) is 18.5 Å². The first-order valence-corrected chi connectivity index (χ1v) is 12.7. The number of carbonyl (C=O) groups is 1. The maximum Gasteiger partial charge on any atom is 0.247 e.